The van der Waals surface area contributed by atoms with Crippen LogP contribution in [0.15, 0.2) is 36.8 Å². The molecular weight excluding hydrogens is 422 g/mol. The Labute approximate surface area is 192 Å². The van der Waals surface area contributed by atoms with Crippen molar-refractivity contribution in [2.75, 3.05) is 19.0 Å². The summed E-state index contributed by atoms with van der Waals surface area (Å²) in [5, 5.41) is 5.63. The first kappa shape index (κ1) is 21.0. The number of nitrogens with zero attached hydrogens (tertiary/aromatic N) is 4. The first-order valence-corrected chi connectivity index (χ1v) is 11.8. The van der Waals surface area contributed by atoms with Gasteiger partial charge >= 0.3 is 0 Å². The fourth-order valence-electron chi connectivity index (χ4n) is 5.09. The van der Waals surface area contributed by atoms with E-state index in [1.807, 2.05) is 9.42 Å². The van der Waals surface area contributed by atoms with E-state index in [4.69, 9.17) is 11.6 Å². The van der Waals surface area contributed by atoms with Crippen LogP contribution in [0.4, 0.5) is 0 Å². The van der Waals surface area contributed by atoms with Gasteiger partial charge in [-0.05, 0) is 66.5 Å². The molecule has 5 rings (SSSR count). The maximum Gasteiger partial charge on any atom is 0.237 e. The topological polar surface area (TPSA) is 66.3 Å². The summed E-state index contributed by atoms with van der Waals surface area (Å²) in [4.78, 5) is 21.8. The highest BCUT2D eigenvalue weighted by atomic mass is 35.5. The molecule has 0 spiro atoms. The Morgan fingerprint density at radius 2 is 2.03 bits per heavy atom. The number of alkyl halides is 1. The van der Waals surface area contributed by atoms with Gasteiger partial charge in [-0.25, -0.2) is 9.50 Å². The number of aromatic nitrogens is 4. The highest BCUT2D eigenvalue weighted by Gasteiger charge is 2.25. The van der Waals surface area contributed by atoms with E-state index in [9.17, 15) is 4.79 Å². The zero-order valence-corrected chi connectivity index (χ0v) is 19.5. The summed E-state index contributed by atoms with van der Waals surface area (Å²) in [5.41, 5.74) is 8.09. The molecule has 1 amide bonds. The van der Waals surface area contributed by atoms with E-state index in [1.165, 1.54) is 16.5 Å². The van der Waals surface area contributed by atoms with E-state index in [0.29, 0.717) is 11.8 Å². The monoisotopic (exact) mass is 449 g/mol. The van der Waals surface area contributed by atoms with Crippen LogP contribution in [0.2, 0.25) is 0 Å². The second kappa shape index (κ2) is 8.24. The van der Waals surface area contributed by atoms with Crippen molar-refractivity contribution in [1.82, 2.24) is 24.5 Å². The number of likely N-dealkylation sites (tertiary alicyclic amines) is 1. The highest BCUT2D eigenvalue weighted by molar-refractivity contribution is 6.27. The van der Waals surface area contributed by atoms with Crippen LogP contribution >= 0.6 is 11.6 Å². The highest BCUT2D eigenvalue weighted by Crippen LogP contribution is 2.38. The average Bonchev–Trinajstić information content (AvgIpc) is 3.43. The van der Waals surface area contributed by atoms with E-state index in [-0.39, 0.29) is 11.8 Å². The van der Waals surface area contributed by atoms with Gasteiger partial charge in [0.25, 0.3) is 0 Å². The number of aryl methyl sites for hydroxylation is 1. The second-order valence-electron chi connectivity index (χ2n) is 9.10. The van der Waals surface area contributed by atoms with Crippen molar-refractivity contribution >= 4 is 34.1 Å². The zero-order chi connectivity index (χ0) is 22.4. The number of rotatable bonds is 4. The lowest BCUT2D eigenvalue weighted by molar-refractivity contribution is -0.129. The fraction of sp³-hybridized carbons (Fsp3) is 0.400. The van der Waals surface area contributed by atoms with Gasteiger partial charge in [0, 0.05) is 35.8 Å². The summed E-state index contributed by atoms with van der Waals surface area (Å²) in [6, 6.07) is 8.99. The van der Waals surface area contributed by atoms with Crippen LogP contribution in [0, 0.1) is 6.92 Å². The number of aromatic amines is 1. The number of H-pyrrole nitrogens is 1. The molecule has 4 aromatic rings. The maximum atomic E-state index is 11.9. The van der Waals surface area contributed by atoms with Crippen molar-refractivity contribution in [2.24, 2.45) is 0 Å². The molecule has 4 heterocycles. The molecule has 1 saturated heterocycles. The minimum Gasteiger partial charge on any atom is -0.354 e. The quantitative estimate of drug-likeness (QED) is 0.432. The predicted octanol–water partition coefficient (Wildman–Crippen LogP) is 5.25. The summed E-state index contributed by atoms with van der Waals surface area (Å²) >= 11 is 5.74. The minimum absolute atomic E-state index is 0.0394. The molecule has 1 aliphatic heterocycles. The van der Waals surface area contributed by atoms with E-state index in [2.05, 4.69) is 66.3 Å². The average molecular weight is 450 g/mol. The molecule has 1 N–H and O–H groups in total. The molecule has 0 unspecified atom stereocenters. The number of amides is 1. The summed E-state index contributed by atoms with van der Waals surface area (Å²) in [6.45, 7) is 8.12. The van der Waals surface area contributed by atoms with Gasteiger partial charge in [0.15, 0.2) is 5.65 Å². The van der Waals surface area contributed by atoms with Gasteiger partial charge in [0.2, 0.25) is 5.91 Å². The Hall–Kier alpha value is -2.86. The molecule has 0 saturated carbocycles. The Bertz CT molecular complexity index is 1300. The number of carbonyl (C=O) groups is 1. The summed E-state index contributed by atoms with van der Waals surface area (Å²) in [6.07, 6.45) is 5.60. The number of pyridine rings is 1. The summed E-state index contributed by atoms with van der Waals surface area (Å²) < 4.78 is 1.85. The number of benzene rings is 1. The Kier molecular flexibility index (Phi) is 5.41. The number of hydrogen-bond acceptors (Lipinski definition) is 3. The van der Waals surface area contributed by atoms with Gasteiger partial charge in [0.05, 0.1) is 5.69 Å². The largest absolute Gasteiger partial charge is 0.354 e. The third-order valence-corrected chi connectivity index (χ3v) is 6.95. The molecule has 1 aromatic carbocycles. The second-order valence-corrected chi connectivity index (χ2v) is 9.37. The van der Waals surface area contributed by atoms with E-state index >= 15 is 0 Å². The molecule has 166 valence electrons. The van der Waals surface area contributed by atoms with Crippen LogP contribution < -0.4 is 0 Å². The first-order chi connectivity index (χ1) is 15.5. The van der Waals surface area contributed by atoms with Gasteiger partial charge in [-0.15, -0.1) is 11.6 Å². The molecule has 0 aliphatic carbocycles. The fourth-order valence-corrected chi connectivity index (χ4v) is 5.26. The normalized spacial score (nSPS) is 15.3. The van der Waals surface area contributed by atoms with Crippen LogP contribution in [0.1, 0.15) is 55.2 Å². The van der Waals surface area contributed by atoms with Gasteiger partial charge in [-0.1, -0.05) is 19.9 Å². The predicted molar refractivity (Wildman–Crippen MR) is 128 cm³/mol. The molecule has 1 fully saturated rings. The Morgan fingerprint density at radius 3 is 2.75 bits per heavy atom. The number of nitrogens with one attached hydrogen (secondary N) is 1. The van der Waals surface area contributed by atoms with Crippen LogP contribution in [0.3, 0.4) is 0 Å². The van der Waals surface area contributed by atoms with Crippen molar-refractivity contribution in [2.45, 2.75) is 45.4 Å². The van der Waals surface area contributed by atoms with E-state index < -0.39 is 0 Å². The van der Waals surface area contributed by atoms with Gasteiger partial charge in [0.1, 0.15) is 12.2 Å². The van der Waals surface area contributed by atoms with Gasteiger partial charge in [-0.2, -0.15) is 5.10 Å². The molecule has 0 radical (unpaired) electrons. The van der Waals surface area contributed by atoms with Crippen molar-refractivity contribution in [3.05, 3.63) is 53.5 Å². The maximum absolute atomic E-state index is 11.9. The minimum atomic E-state index is 0.0394. The van der Waals surface area contributed by atoms with E-state index in [0.717, 1.165) is 53.9 Å². The van der Waals surface area contributed by atoms with Crippen LogP contribution in [0.5, 0.6) is 0 Å². The molecule has 6 nitrogen and oxygen atoms in total. The Morgan fingerprint density at radius 1 is 1.25 bits per heavy atom. The number of halogens is 1. The third kappa shape index (κ3) is 3.56. The molecule has 7 heteroatoms. The van der Waals surface area contributed by atoms with Crippen molar-refractivity contribution in [3.63, 3.8) is 0 Å². The lowest BCUT2D eigenvalue weighted by Gasteiger charge is -2.32. The molecule has 0 atom stereocenters. The van der Waals surface area contributed by atoms with Gasteiger partial charge < -0.3 is 9.88 Å². The number of fused-ring (bicyclic) bond motifs is 2. The molecule has 1 aliphatic rings. The smallest absolute Gasteiger partial charge is 0.237 e. The number of hydrogen-bond donors (Lipinski definition) is 1. The van der Waals surface area contributed by atoms with Crippen molar-refractivity contribution in [3.8, 4) is 11.3 Å². The third-order valence-electron chi connectivity index (χ3n) is 6.72. The lowest BCUT2D eigenvalue weighted by Crippen LogP contribution is -2.38. The van der Waals surface area contributed by atoms with Crippen LogP contribution in [-0.4, -0.2) is 49.4 Å². The molecule has 3 aromatic heterocycles. The van der Waals surface area contributed by atoms with Gasteiger partial charge in [-0.3, -0.25) is 4.79 Å². The molecule has 0 bridgehead atoms. The SMILES string of the molecule is Cc1cc(-c2[nH]c3ccc(C4CCN(C(=O)CCl)CC4)cc3c2C(C)C)cn2ncnc12. The lowest BCUT2D eigenvalue weighted by atomic mass is 9.87. The molecule has 32 heavy (non-hydrogen) atoms. The van der Waals surface area contributed by atoms with Crippen LogP contribution in [-0.2, 0) is 4.79 Å². The van der Waals surface area contributed by atoms with E-state index in [1.54, 1.807) is 6.33 Å². The summed E-state index contributed by atoms with van der Waals surface area (Å²) in [5.74, 6) is 0.938. The van der Waals surface area contributed by atoms with Crippen molar-refractivity contribution < 1.29 is 4.79 Å². The van der Waals surface area contributed by atoms with Crippen molar-refractivity contribution in [1.29, 1.82) is 0 Å². The standard InChI is InChI=1S/C25H28ClN5O/c1-15(2)23-20-11-18(17-6-8-30(9-7-17)22(32)12-26)4-5-21(20)29-24(23)19-10-16(3)25-27-14-28-31(25)13-19/h4-5,10-11,13-15,17,29H,6-9,12H2,1-3H3. The molecular formula is C25H28ClN5O. The first-order valence-electron chi connectivity index (χ1n) is 11.3. The van der Waals surface area contributed by atoms with Crippen LogP contribution in [0.25, 0.3) is 27.8 Å². The number of carbonyl (C=O) groups excluding carboxylic acids is 1. The number of piperidine rings is 1. The Balaban J connectivity index is 1.54. The summed E-state index contributed by atoms with van der Waals surface area (Å²) in [7, 11) is 0. The zero-order valence-electron chi connectivity index (χ0n) is 18.7.